The first-order valence-electron chi connectivity index (χ1n) is 11.1. The second-order valence-electron chi connectivity index (χ2n) is 7.83. The first-order chi connectivity index (χ1) is 13.7. The molecule has 0 amide bonds. The van der Waals surface area contributed by atoms with Crippen LogP contribution in [-0.4, -0.2) is 65.8 Å². The number of nitrogens with one attached hydrogen (secondary N) is 2. The SMILES string of the molecule is CCN(CC)CCCNc1n[nH]c2ccc(Cl)c(CCCN3CCCCC3)c12. The zero-order valence-corrected chi connectivity index (χ0v) is 18.3. The van der Waals surface area contributed by atoms with Crippen molar-refractivity contribution < 1.29 is 0 Å². The molecule has 1 aromatic heterocycles. The highest BCUT2D eigenvalue weighted by Gasteiger charge is 2.15. The van der Waals surface area contributed by atoms with Crippen molar-refractivity contribution in [1.82, 2.24) is 20.0 Å². The van der Waals surface area contributed by atoms with Crippen molar-refractivity contribution >= 4 is 28.3 Å². The molecule has 1 aliphatic rings. The Balaban J connectivity index is 1.61. The van der Waals surface area contributed by atoms with E-state index in [4.69, 9.17) is 11.6 Å². The number of piperidine rings is 1. The number of likely N-dealkylation sites (tertiary alicyclic amines) is 1. The fourth-order valence-electron chi connectivity index (χ4n) is 4.24. The van der Waals surface area contributed by atoms with Gasteiger partial charge in [-0.05, 0) is 89.1 Å². The van der Waals surface area contributed by atoms with E-state index in [2.05, 4.69) is 39.2 Å². The number of nitrogens with zero attached hydrogens (tertiary/aromatic N) is 3. The first kappa shape index (κ1) is 21.4. The number of aromatic amines is 1. The highest BCUT2D eigenvalue weighted by molar-refractivity contribution is 6.32. The van der Waals surface area contributed by atoms with Crippen LogP contribution in [0.15, 0.2) is 12.1 Å². The van der Waals surface area contributed by atoms with Crippen molar-refractivity contribution in [2.24, 2.45) is 0 Å². The molecule has 1 fully saturated rings. The summed E-state index contributed by atoms with van der Waals surface area (Å²) >= 11 is 6.60. The fourth-order valence-corrected chi connectivity index (χ4v) is 4.49. The second-order valence-corrected chi connectivity index (χ2v) is 8.24. The van der Waals surface area contributed by atoms with Crippen LogP contribution in [0, 0.1) is 0 Å². The van der Waals surface area contributed by atoms with Crippen LogP contribution in [0.4, 0.5) is 5.82 Å². The Morgan fingerprint density at radius 3 is 2.68 bits per heavy atom. The van der Waals surface area contributed by atoms with Crippen LogP contribution >= 0.6 is 11.6 Å². The molecule has 0 spiro atoms. The summed E-state index contributed by atoms with van der Waals surface area (Å²) in [7, 11) is 0. The Morgan fingerprint density at radius 1 is 1.14 bits per heavy atom. The van der Waals surface area contributed by atoms with E-state index in [0.717, 1.165) is 68.3 Å². The van der Waals surface area contributed by atoms with E-state index in [-0.39, 0.29) is 0 Å². The van der Waals surface area contributed by atoms with Gasteiger partial charge in [0.25, 0.3) is 0 Å². The molecule has 3 rings (SSSR count). The highest BCUT2D eigenvalue weighted by Crippen LogP contribution is 2.31. The number of aryl methyl sites for hydroxylation is 1. The van der Waals surface area contributed by atoms with Gasteiger partial charge in [-0.15, -0.1) is 0 Å². The van der Waals surface area contributed by atoms with Gasteiger partial charge in [-0.25, -0.2) is 0 Å². The van der Waals surface area contributed by atoms with Crippen molar-refractivity contribution in [2.45, 2.75) is 52.4 Å². The summed E-state index contributed by atoms with van der Waals surface area (Å²) in [4.78, 5) is 5.05. The smallest absolute Gasteiger partial charge is 0.156 e. The number of H-pyrrole nitrogens is 1. The summed E-state index contributed by atoms with van der Waals surface area (Å²) in [6, 6.07) is 4.04. The van der Waals surface area contributed by atoms with Crippen LogP contribution in [0.3, 0.4) is 0 Å². The van der Waals surface area contributed by atoms with Crippen LogP contribution in [0.25, 0.3) is 10.9 Å². The maximum atomic E-state index is 6.60. The zero-order valence-electron chi connectivity index (χ0n) is 17.6. The summed E-state index contributed by atoms with van der Waals surface area (Å²) < 4.78 is 0. The number of hydrogen-bond donors (Lipinski definition) is 2. The first-order valence-corrected chi connectivity index (χ1v) is 11.4. The number of anilines is 1. The number of fused-ring (bicyclic) bond motifs is 1. The third-order valence-corrected chi connectivity index (χ3v) is 6.32. The summed E-state index contributed by atoms with van der Waals surface area (Å²) in [5.41, 5.74) is 2.31. The largest absolute Gasteiger partial charge is 0.368 e. The minimum absolute atomic E-state index is 0.860. The lowest BCUT2D eigenvalue weighted by molar-refractivity contribution is 0.226. The van der Waals surface area contributed by atoms with Gasteiger partial charge >= 0.3 is 0 Å². The Hall–Kier alpha value is -1.30. The average Bonchev–Trinajstić information content (AvgIpc) is 3.14. The number of halogens is 1. The topological polar surface area (TPSA) is 47.2 Å². The maximum Gasteiger partial charge on any atom is 0.156 e. The predicted octanol–water partition coefficient (Wildman–Crippen LogP) is 4.78. The molecular weight excluding hydrogens is 370 g/mol. The van der Waals surface area contributed by atoms with Gasteiger partial charge in [0.05, 0.1) is 5.52 Å². The third-order valence-electron chi connectivity index (χ3n) is 5.97. The number of rotatable bonds is 11. The van der Waals surface area contributed by atoms with Gasteiger partial charge in [-0.3, -0.25) is 5.10 Å². The molecule has 1 saturated heterocycles. The predicted molar refractivity (Wildman–Crippen MR) is 121 cm³/mol. The van der Waals surface area contributed by atoms with Crippen LogP contribution in [0.5, 0.6) is 0 Å². The van der Waals surface area contributed by atoms with Crippen molar-refractivity contribution in [1.29, 1.82) is 0 Å². The van der Waals surface area contributed by atoms with E-state index in [0.29, 0.717) is 0 Å². The zero-order chi connectivity index (χ0) is 19.8. The van der Waals surface area contributed by atoms with Crippen LogP contribution in [-0.2, 0) is 6.42 Å². The van der Waals surface area contributed by atoms with E-state index in [9.17, 15) is 0 Å². The molecule has 0 atom stereocenters. The summed E-state index contributed by atoms with van der Waals surface area (Å²) in [5.74, 6) is 0.949. The van der Waals surface area contributed by atoms with E-state index in [1.54, 1.807) is 0 Å². The van der Waals surface area contributed by atoms with Crippen LogP contribution in [0.1, 0.15) is 51.5 Å². The molecule has 0 radical (unpaired) electrons. The Morgan fingerprint density at radius 2 is 1.93 bits per heavy atom. The van der Waals surface area contributed by atoms with E-state index in [1.807, 2.05) is 12.1 Å². The molecule has 2 aromatic rings. The van der Waals surface area contributed by atoms with E-state index in [1.165, 1.54) is 43.3 Å². The van der Waals surface area contributed by atoms with Crippen molar-refractivity contribution in [3.05, 3.63) is 22.7 Å². The second kappa shape index (κ2) is 11.0. The molecule has 2 N–H and O–H groups in total. The lowest BCUT2D eigenvalue weighted by Gasteiger charge is -2.26. The minimum atomic E-state index is 0.860. The number of benzene rings is 1. The molecule has 28 heavy (non-hydrogen) atoms. The monoisotopic (exact) mass is 405 g/mol. The van der Waals surface area contributed by atoms with Gasteiger partial charge < -0.3 is 15.1 Å². The van der Waals surface area contributed by atoms with Gasteiger partial charge in [-0.1, -0.05) is 31.9 Å². The van der Waals surface area contributed by atoms with Gasteiger partial charge in [-0.2, -0.15) is 5.10 Å². The van der Waals surface area contributed by atoms with Gasteiger partial charge in [0.2, 0.25) is 0 Å². The molecule has 1 aliphatic heterocycles. The van der Waals surface area contributed by atoms with Crippen molar-refractivity contribution in [3.63, 3.8) is 0 Å². The summed E-state index contributed by atoms with van der Waals surface area (Å²) in [6.07, 6.45) is 7.34. The Labute approximate surface area is 174 Å². The van der Waals surface area contributed by atoms with Crippen molar-refractivity contribution in [2.75, 3.05) is 51.1 Å². The number of hydrogen-bond acceptors (Lipinski definition) is 4. The molecular formula is C22H36ClN5. The van der Waals surface area contributed by atoms with E-state index >= 15 is 0 Å². The molecule has 0 aliphatic carbocycles. The molecule has 0 unspecified atom stereocenters. The molecule has 1 aromatic carbocycles. The molecule has 156 valence electrons. The van der Waals surface area contributed by atoms with Crippen LogP contribution < -0.4 is 5.32 Å². The van der Waals surface area contributed by atoms with E-state index < -0.39 is 0 Å². The molecule has 5 nitrogen and oxygen atoms in total. The number of aromatic nitrogens is 2. The van der Waals surface area contributed by atoms with Crippen molar-refractivity contribution in [3.8, 4) is 0 Å². The van der Waals surface area contributed by atoms with Gasteiger partial charge in [0, 0.05) is 17.0 Å². The summed E-state index contributed by atoms with van der Waals surface area (Å²) in [5, 5.41) is 13.3. The van der Waals surface area contributed by atoms with Gasteiger partial charge in [0.15, 0.2) is 5.82 Å². The molecule has 0 saturated carbocycles. The molecule has 2 heterocycles. The average molecular weight is 406 g/mol. The highest BCUT2D eigenvalue weighted by atomic mass is 35.5. The van der Waals surface area contributed by atoms with Crippen LogP contribution in [0.2, 0.25) is 5.02 Å². The molecule has 0 bridgehead atoms. The normalized spacial score (nSPS) is 15.6. The third kappa shape index (κ3) is 5.62. The lowest BCUT2D eigenvalue weighted by atomic mass is 10.0. The maximum absolute atomic E-state index is 6.60. The lowest BCUT2D eigenvalue weighted by Crippen LogP contribution is -2.30. The minimum Gasteiger partial charge on any atom is -0.368 e. The molecule has 6 heteroatoms. The Bertz CT molecular complexity index is 719. The quantitative estimate of drug-likeness (QED) is 0.528. The standard InChI is InChI=1S/C22H36ClN5/c1-3-27(4-2)17-9-13-24-22-21-18(19(23)11-12-20(21)25-26-22)10-8-16-28-14-6-5-7-15-28/h11-12H,3-10,13-17H2,1-2H3,(H2,24,25,26). The summed E-state index contributed by atoms with van der Waals surface area (Å²) in [6.45, 7) is 12.4. The fraction of sp³-hybridized carbons (Fsp3) is 0.682. The Kier molecular flexibility index (Phi) is 8.44. The van der Waals surface area contributed by atoms with Gasteiger partial charge in [0.1, 0.15) is 0 Å².